The normalized spacial score (nSPS) is 46.6. The summed E-state index contributed by atoms with van der Waals surface area (Å²) in [7, 11) is 0. The Balaban J connectivity index is 1.46. The number of hydrogen-bond donors (Lipinski definition) is 1. The standard InChI is InChI=1S/C20H28N2OS/c1-11-6-7-14-13-4-3-5-15(19(13)23-20(14)22-11)18-16-10-12(2)24-17(16)8-9-21-18/h8,12-14,16,18,20-21H,3-7,9-10H2,1-2H3/t12-,13+,14?,16?,18+,20?/m1/s1/i1D3. The molecule has 3 nitrogen and oxygen atoms in total. The Kier molecular flexibility index (Phi) is 3.10. The Labute approximate surface area is 153 Å². The van der Waals surface area contributed by atoms with Gasteiger partial charge < -0.3 is 10.1 Å². The van der Waals surface area contributed by atoms with E-state index < -0.39 is 6.85 Å². The van der Waals surface area contributed by atoms with Gasteiger partial charge >= 0.3 is 0 Å². The summed E-state index contributed by atoms with van der Waals surface area (Å²) in [6.07, 6.45) is 8.25. The molecule has 1 aliphatic carbocycles. The third-order valence-electron chi connectivity index (χ3n) is 6.45. The van der Waals surface area contributed by atoms with Crippen LogP contribution in [0.4, 0.5) is 0 Å². The van der Waals surface area contributed by atoms with E-state index in [1.807, 2.05) is 11.8 Å². The molecule has 0 amide bonds. The highest BCUT2D eigenvalue weighted by molar-refractivity contribution is 8.03. The number of nitrogens with zero attached hydrogens (tertiary/aromatic N) is 1. The first-order valence-corrected chi connectivity index (χ1v) is 10.4. The molecule has 130 valence electrons. The summed E-state index contributed by atoms with van der Waals surface area (Å²) in [5.41, 5.74) is 1.81. The van der Waals surface area contributed by atoms with Gasteiger partial charge in [0.1, 0.15) is 5.76 Å². The van der Waals surface area contributed by atoms with E-state index in [9.17, 15) is 0 Å². The van der Waals surface area contributed by atoms with Gasteiger partial charge in [-0.1, -0.05) is 13.0 Å². The highest BCUT2D eigenvalue weighted by Crippen LogP contribution is 2.52. The molecular formula is C20H28N2OS. The van der Waals surface area contributed by atoms with Gasteiger partial charge in [0.15, 0.2) is 6.23 Å². The summed E-state index contributed by atoms with van der Waals surface area (Å²) < 4.78 is 29.5. The van der Waals surface area contributed by atoms with E-state index in [2.05, 4.69) is 23.3 Å². The van der Waals surface area contributed by atoms with Crippen molar-refractivity contribution in [2.45, 2.75) is 69.8 Å². The quantitative estimate of drug-likeness (QED) is 0.769. The zero-order chi connectivity index (χ0) is 18.8. The van der Waals surface area contributed by atoms with Gasteiger partial charge in [0.25, 0.3) is 0 Å². The highest BCUT2D eigenvalue weighted by Gasteiger charge is 2.48. The number of thioether (sulfide) groups is 1. The van der Waals surface area contributed by atoms with Crippen molar-refractivity contribution in [2.75, 3.05) is 6.54 Å². The lowest BCUT2D eigenvalue weighted by Gasteiger charge is -2.35. The first-order valence-electron chi connectivity index (χ1n) is 11.0. The maximum atomic E-state index is 7.70. The molecule has 0 spiro atoms. The third-order valence-corrected chi connectivity index (χ3v) is 7.79. The van der Waals surface area contributed by atoms with Crippen LogP contribution in [0.25, 0.3) is 0 Å². The Morgan fingerprint density at radius 1 is 1.33 bits per heavy atom. The summed E-state index contributed by atoms with van der Waals surface area (Å²) in [5, 5.41) is 4.44. The maximum absolute atomic E-state index is 7.70. The van der Waals surface area contributed by atoms with Crippen LogP contribution in [0, 0.1) is 17.8 Å². The summed E-state index contributed by atoms with van der Waals surface area (Å²) in [4.78, 5) is 6.11. The molecule has 5 aliphatic rings. The lowest BCUT2D eigenvalue weighted by molar-refractivity contribution is 0.127. The first kappa shape index (κ1) is 12.6. The SMILES string of the molecule is [2H]C([2H])([2H])C1=NC2OC3=C([C@@H]4NCC=C5S[C@H](C)CC54)CCC[C@H]3C2CC1. The molecule has 0 saturated carbocycles. The summed E-state index contributed by atoms with van der Waals surface area (Å²) in [6, 6.07) is 0.381. The van der Waals surface area contributed by atoms with Crippen molar-refractivity contribution in [3.63, 3.8) is 0 Å². The van der Waals surface area contributed by atoms with Crippen molar-refractivity contribution >= 4 is 17.5 Å². The molecule has 2 fully saturated rings. The largest absolute Gasteiger partial charge is 0.472 e. The molecule has 24 heavy (non-hydrogen) atoms. The first-order chi connectivity index (χ1) is 12.9. The van der Waals surface area contributed by atoms with E-state index >= 15 is 0 Å². The van der Waals surface area contributed by atoms with Gasteiger partial charge in [-0.25, -0.2) is 0 Å². The number of fused-ring (bicyclic) bond motifs is 4. The number of nitrogens with one attached hydrogen (secondary N) is 1. The topological polar surface area (TPSA) is 33.6 Å². The molecule has 5 rings (SSSR count). The summed E-state index contributed by atoms with van der Waals surface area (Å²) >= 11 is 2.04. The van der Waals surface area contributed by atoms with Crippen molar-refractivity contribution < 1.29 is 8.85 Å². The lowest BCUT2D eigenvalue weighted by Crippen LogP contribution is -2.42. The van der Waals surface area contributed by atoms with E-state index in [0.29, 0.717) is 41.2 Å². The summed E-state index contributed by atoms with van der Waals surface area (Å²) in [6.45, 7) is 1.18. The van der Waals surface area contributed by atoms with Crippen LogP contribution < -0.4 is 5.32 Å². The minimum Gasteiger partial charge on any atom is -0.472 e. The molecule has 0 aromatic heterocycles. The van der Waals surface area contributed by atoms with Crippen molar-refractivity contribution in [3.8, 4) is 0 Å². The third kappa shape index (κ3) is 2.40. The van der Waals surface area contributed by atoms with Crippen LogP contribution in [0.2, 0.25) is 0 Å². The van der Waals surface area contributed by atoms with E-state index in [1.54, 1.807) is 4.91 Å². The molecule has 3 unspecified atom stereocenters. The molecular weight excluding hydrogens is 316 g/mol. The van der Waals surface area contributed by atoms with E-state index in [-0.39, 0.29) is 6.23 Å². The molecule has 4 heterocycles. The van der Waals surface area contributed by atoms with Gasteiger partial charge in [-0.05, 0) is 55.9 Å². The smallest absolute Gasteiger partial charge is 0.192 e. The lowest BCUT2D eigenvalue weighted by atomic mass is 9.74. The van der Waals surface area contributed by atoms with E-state index in [0.717, 1.165) is 31.6 Å². The predicted molar refractivity (Wildman–Crippen MR) is 100 cm³/mol. The van der Waals surface area contributed by atoms with Crippen LogP contribution in [0.1, 0.15) is 56.4 Å². The molecule has 4 aliphatic heterocycles. The van der Waals surface area contributed by atoms with Crippen LogP contribution in [0.5, 0.6) is 0 Å². The number of rotatable bonds is 1. The second-order valence-corrected chi connectivity index (χ2v) is 9.45. The Morgan fingerprint density at radius 2 is 2.29 bits per heavy atom. The van der Waals surface area contributed by atoms with Crippen LogP contribution in [0.15, 0.2) is 27.3 Å². The van der Waals surface area contributed by atoms with Gasteiger partial charge in [-0.3, -0.25) is 4.99 Å². The van der Waals surface area contributed by atoms with Crippen LogP contribution in [0.3, 0.4) is 0 Å². The van der Waals surface area contributed by atoms with Gasteiger partial charge in [-0.2, -0.15) is 0 Å². The number of allylic oxidation sites excluding steroid dienone is 1. The average Bonchev–Trinajstić information content (AvgIpc) is 3.19. The van der Waals surface area contributed by atoms with Gasteiger partial charge in [0, 0.05) is 45.4 Å². The van der Waals surface area contributed by atoms with Crippen molar-refractivity contribution in [2.24, 2.45) is 22.7 Å². The molecule has 4 heteroatoms. The van der Waals surface area contributed by atoms with E-state index in [1.165, 1.54) is 18.4 Å². The summed E-state index contributed by atoms with van der Waals surface area (Å²) in [5.74, 6) is 2.53. The Bertz CT molecular complexity index is 729. The van der Waals surface area contributed by atoms with Crippen molar-refractivity contribution in [1.82, 2.24) is 5.32 Å². The fraction of sp³-hybridized carbons (Fsp3) is 0.750. The van der Waals surface area contributed by atoms with Crippen LogP contribution >= 0.6 is 11.8 Å². The molecule has 1 N–H and O–H groups in total. The minimum atomic E-state index is -2.08. The fourth-order valence-corrected chi connectivity index (χ4v) is 6.78. The van der Waals surface area contributed by atoms with Gasteiger partial charge in [0.2, 0.25) is 0 Å². The molecule has 0 bridgehead atoms. The fourth-order valence-electron chi connectivity index (χ4n) is 5.43. The second-order valence-electron chi connectivity index (χ2n) is 7.94. The molecule has 0 radical (unpaired) electrons. The monoisotopic (exact) mass is 347 g/mol. The second kappa shape index (κ2) is 5.91. The molecule has 0 aromatic carbocycles. The zero-order valence-corrected chi connectivity index (χ0v) is 15.1. The van der Waals surface area contributed by atoms with Gasteiger partial charge in [-0.15, -0.1) is 11.8 Å². The van der Waals surface area contributed by atoms with Crippen LogP contribution in [-0.4, -0.2) is 29.8 Å². The zero-order valence-electron chi connectivity index (χ0n) is 17.3. The minimum absolute atomic E-state index is 0.280. The number of hydrogen-bond acceptors (Lipinski definition) is 4. The predicted octanol–water partition coefficient (Wildman–Crippen LogP) is 4.27. The van der Waals surface area contributed by atoms with Gasteiger partial charge in [0.05, 0.1) is 0 Å². The number of aliphatic imine (C=N–C) groups is 1. The maximum Gasteiger partial charge on any atom is 0.192 e. The molecule has 6 atom stereocenters. The molecule has 0 aromatic rings. The Hall–Kier alpha value is -0.740. The number of ether oxygens (including phenoxy) is 1. The average molecular weight is 348 g/mol. The van der Waals surface area contributed by atoms with Crippen molar-refractivity contribution in [3.05, 3.63) is 22.3 Å². The van der Waals surface area contributed by atoms with Crippen LogP contribution in [-0.2, 0) is 4.74 Å². The molecule has 2 saturated heterocycles. The van der Waals surface area contributed by atoms with E-state index in [4.69, 9.17) is 8.85 Å². The highest BCUT2D eigenvalue weighted by atomic mass is 32.2. The van der Waals surface area contributed by atoms with Crippen molar-refractivity contribution in [1.29, 1.82) is 0 Å². The Morgan fingerprint density at radius 3 is 3.21 bits per heavy atom.